The molecule has 0 unspecified atom stereocenters. The van der Waals surface area contributed by atoms with E-state index in [1.807, 2.05) is 13.8 Å². The fraction of sp³-hybridized carbons (Fsp3) is 0.389. The van der Waals surface area contributed by atoms with Crippen molar-refractivity contribution in [1.29, 1.82) is 0 Å². The Morgan fingerprint density at radius 2 is 2.08 bits per heavy atom. The van der Waals surface area contributed by atoms with Crippen LogP contribution in [0.3, 0.4) is 0 Å². The number of aromatic nitrogens is 1. The lowest BCUT2D eigenvalue weighted by Gasteiger charge is -2.09. The van der Waals surface area contributed by atoms with Gasteiger partial charge in [-0.2, -0.15) is 0 Å². The standard InChI is InChI=1S/C18H22N2O6/c1-12-16(13(2)26-20-12)10-24-15-6-4-5-14(9-15)18(22)25-11-17(21)19-7-8-23-3/h4-6,9H,7-8,10-11H2,1-3H3,(H,19,21). The lowest BCUT2D eigenvalue weighted by molar-refractivity contribution is -0.124. The summed E-state index contributed by atoms with van der Waals surface area (Å²) in [5.74, 6) is 0.206. The van der Waals surface area contributed by atoms with Gasteiger partial charge in [0.25, 0.3) is 5.91 Å². The predicted octanol–water partition coefficient (Wildman–Crippen LogP) is 1.79. The largest absolute Gasteiger partial charge is 0.489 e. The van der Waals surface area contributed by atoms with Gasteiger partial charge in [-0.1, -0.05) is 11.2 Å². The quantitative estimate of drug-likeness (QED) is 0.536. The molecule has 0 bridgehead atoms. The van der Waals surface area contributed by atoms with Crippen molar-refractivity contribution < 1.29 is 28.3 Å². The monoisotopic (exact) mass is 362 g/mol. The van der Waals surface area contributed by atoms with E-state index in [-0.39, 0.29) is 19.1 Å². The van der Waals surface area contributed by atoms with E-state index in [0.717, 1.165) is 11.3 Å². The molecule has 0 radical (unpaired) electrons. The minimum absolute atomic E-state index is 0.279. The summed E-state index contributed by atoms with van der Waals surface area (Å²) in [5, 5.41) is 6.43. The van der Waals surface area contributed by atoms with Gasteiger partial charge in [0, 0.05) is 13.7 Å². The molecule has 0 atom stereocenters. The van der Waals surface area contributed by atoms with E-state index in [0.29, 0.717) is 30.2 Å². The highest BCUT2D eigenvalue weighted by Crippen LogP contribution is 2.18. The Balaban J connectivity index is 1.87. The zero-order valence-corrected chi connectivity index (χ0v) is 15.0. The summed E-state index contributed by atoms with van der Waals surface area (Å²) < 4.78 is 20.6. The molecule has 0 aliphatic rings. The summed E-state index contributed by atoms with van der Waals surface area (Å²) in [6.45, 7) is 4.32. The lowest BCUT2D eigenvalue weighted by atomic mass is 10.2. The van der Waals surface area contributed by atoms with Crippen LogP contribution in [0, 0.1) is 13.8 Å². The first-order chi connectivity index (χ1) is 12.5. The van der Waals surface area contributed by atoms with E-state index in [2.05, 4.69) is 10.5 Å². The van der Waals surface area contributed by atoms with Crippen LogP contribution in [0.25, 0.3) is 0 Å². The average molecular weight is 362 g/mol. The third-order valence-corrected chi connectivity index (χ3v) is 3.60. The molecule has 1 heterocycles. The van der Waals surface area contributed by atoms with Crippen molar-refractivity contribution >= 4 is 11.9 Å². The first-order valence-electron chi connectivity index (χ1n) is 8.08. The highest BCUT2D eigenvalue weighted by molar-refractivity contribution is 5.91. The Labute approximate surface area is 151 Å². The molecule has 1 amide bonds. The van der Waals surface area contributed by atoms with Crippen molar-refractivity contribution in [2.75, 3.05) is 26.9 Å². The molecule has 8 heteroatoms. The maximum atomic E-state index is 12.1. The highest BCUT2D eigenvalue weighted by Gasteiger charge is 2.13. The van der Waals surface area contributed by atoms with Crippen LogP contribution in [0.4, 0.5) is 0 Å². The number of carbonyl (C=O) groups is 2. The maximum absolute atomic E-state index is 12.1. The molecule has 0 saturated heterocycles. The van der Waals surface area contributed by atoms with Crippen LogP contribution in [0.15, 0.2) is 28.8 Å². The minimum atomic E-state index is -0.602. The van der Waals surface area contributed by atoms with Crippen LogP contribution in [0.5, 0.6) is 5.75 Å². The topological polar surface area (TPSA) is 99.9 Å². The summed E-state index contributed by atoms with van der Waals surface area (Å²) in [4.78, 5) is 23.6. The zero-order chi connectivity index (χ0) is 18.9. The van der Waals surface area contributed by atoms with Crippen LogP contribution in [0.1, 0.15) is 27.4 Å². The number of methoxy groups -OCH3 is 1. The van der Waals surface area contributed by atoms with Gasteiger partial charge in [-0.15, -0.1) is 0 Å². The normalized spacial score (nSPS) is 10.4. The van der Waals surface area contributed by atoms with Crippen LogP contribution < -0.4 is 10.1 Å². The summed E-state index contributed by atoms with van der Waals surface area (Å²) in [5.41, 5.74) is 1.93. The summed E-state index contributed by atoms with van der Waals surface area (Å²) in [7, 11) is 1.53. The molecule has 0 fully saturated rings. The Morgan fingerprint density at radius 1 is 1.27 bits per heavy atom. The number of aryl methyl sites for hydroxylation is 2. The van der Waals surface area contributed by atoms with Crippen molar-refractivity contribution in [3.63, 3.8) is 0 Å². The predicted molar refractivity (Wildman–Crippen MR) is 91.9 cm³/mol. The summed E-state index contributed by atoms with van der Waals surface area (Å²) in [6, 6.07) is 6.56. The van der Waals surface area contributed by atoms with E-state index in [9.17, 15) is 9.59 Å². The van der Waals surface area contributed by atoms with Crippen LogP contribution in [0.2, 0.25) is 0 Å². The number of esters is 1. The zero-order valence-electron chi connectivity index (χ0n) is 15.0. The molecule has 0 spiro atoms. The van der Waals surface area contributed by atoms with Gasteiger partial charge in [0.1, 0.15) is 18.1 Å². The number of carbonyl (C=O) groups excluding carboxylic acids is 2. The molecule has 26 heavy (non-hydrogen) atoms. The van der Waals surface area contributed by atoms with Gasteiger partial charge >= 0.3 is 5.97 Å². The Kier molecular flexibility index (Phi) is 7.16. The minimum Gasteiger partial charge on any atom is -0.489 e. The fourth-order valence-electron chi connectivity index (χ4n) is 2.13. The first kappa shape index (κ1) is 19.5. The van der Waals surface area contributed by atoms with Gasteiger partial charge < -0.3 is 24.1 Å². The van der Waals surface area contributed by atoms with E-state index in [1.165, 1.54) is 7.11 Å². The van der Waals surface area contributed by atoms with Crippen molar-refractivity contribution in [2.24, 2.45) is 0 Å². The van der Waals surface area contributed by atoms with Gasteiger partial charge in [-0.3, -0.25) is 4.79 Å². The van der Waals surface area contributed by atoms with Crippen molar-refractivity contribution in [3.8, 4) is 5.75 Å². The SMILES string of the molecule is COCCNC(=O)COC(=O)c1cccc(OCc2c(C)noc2C)c1. The molecular formula is C18H22N2O6. The summed E-state index contributed by atoms with van der Waals surface area (Å²) >= 11 is 0. The van der Waals surface area contributed by atoms with E-state index >= 15 is 0 Å². The second-order valence-corrected chi connectivity index (χ2v) is 5.54. The number of hydrogen-bond donors (Lipinski definition) is 1. The van der Waals surface area contributed by atoms with Crippen molar-refractivity contribution in [2.45, 2.75) is 20.5 Å². The van der Waals surface area contributed by atoms with Gasteiger partial charge in [-0.05, 0) is 32.0 Å². The molecule has 1 aromatic carbocycles. The molecule has 2 aromatic rings. The number of hydrogen-bond acceptors (Lipinski definition) is 7. The molecule has 0 aliphatic carbocycles. The van der Waals surface area contributed by atoms with Gasteiger partial charge in [0.15, 0.2) is 6.61 Å². The fourth-order valence-corrected chi connectivity index (χ4v) is 2.13. The second kappa shape index (κ2) is 9.57. The molecule has 140 valence electrons. The Morgan fingerprint density at radius 3 is 2.77 bits per heavy atom. The molecule has 2 rings (SSSR count). The van der Waals surface area contributed by atoms with Crippen LogP contribution >= 0.6 is 0 Å². The molecular weight excluding hydrogens is 340 g/mol. The number of ether oxygens (including phenoxy) is 3. The highest BCUT2D eigenvalue weighted by atomic mass is 16.5. The van der Waals surface area contributed by atoms with Crippen molar-refractivity contribution in [3.05, 3.63) is 46.8 Å². The number of benzene rings is 1. The van der Waals surface area contributed by atoms with E-state index in [4.69, 9.17) is 18.7 Å². The smallest absolute Gasteiger partial charge is 0.338 e. The maximum Gasteiger partial charge on any atom is 0.338 e. The van der Waals surface area contributed by atoms with Crippen molar-refractivity contribution in [1.82, 2.24) is 10.5 Å². The Hall–Kier alpha value is -2.87. The number of rotatable bonds is 9. The van der Waals surface area contributed by atoms with E-state index < -0.39 is 5.97 Å². The molecule has 1 N–H and O–H groups in total. The average Bonchev–Trinajstić information content (AvgIpc) is 2.96. The molecule has 1 aromatic heterocycles. The lowest BCUT2D eigenvalue weighted by Crippen LogP contribution is -2.31. The van der Waals surface area contributed by atoms with Crippen LogP contribution in [-0.4, -0.2) is 43.9 Å². The summed E-state index contributed by atoms with van der Waals surface area (Å²) in [6.07, 6.45) is 0. The molecule has 8 nitrogen and oxygen atoms in total. The van der Waals surface area contributed by atoms with E-state index in [1.54, 1.807) is 24.3 Å². The Bertz CT molecular complexity index is 736. The van der Waals surface area contributed by atoms with Gasteiger partial charge in [0.05, 0.1) is 23.4 Å². The third-order valence-electron chi connectivity index (χ3n) is 3.60. The van der Waals surface area contributed by atoms with Crippen LogP contribution in [-0.2, 0) is 20.9 Å². The number of nitrogens with zero attached hydrogens (tertiary/aromatic N) is 1. The first-order valence-corrected chi connectivity index (χ1v) is 8.08. The molecule has 0 aliphatic heterocycles. The van der Waals surface area contributed by atoms with Gasteiger partial charge in [-0.25, -0.2) is 4.79 Å². The van der Waals surface area contributed by atoms with Gasteiger partial charge in [0.2, 0.25) is 0 Å². The molecule has 0 saturated carbocycles. The second-order valence-electron chi connectivity index (χ2n) is 5.54. The number of nitrogens with one attached hydrogen (secondary N) is 1. The third kappa shape index (κ3) is 5.59. The number of amides is 1.